The highest BCUT2D eigenvalue weighted by Gasteiger charge is 2.29. The van der Waals surface area contributed by atoms with Gasteiger partial charge in [0.2, 0.25) is 0 Å². The normalized spacial score (nSPS) is 19.1. The number of aromatic nitrogens is 2. The van der Waals surface area contributed by atoms with Crippen molar-refractivity contribution in [3.05, 3.63) is 18.2 Å². The standard InChI is InChI=1S/C14H25N3/c1-12(2)16-9-13-8-15-11-17(13)10-14(3)6-4-5-7-14/h8,11-12,16H,4-7,9-10H2,1-3H3. The number of imidazole rings is 1. The molecule has 1 aromatic heterocycles. The van der Waals surface area contributed by atoms with Crippen molar-refractivity contribution < 1.29 is 0 Å². The molecule has 1 saturated carbocycles. The highest BCUT2D eigenvalue weighted by atomic mass is 15.1. The van der Waals surface area contributed by atoms with Crippen molar-refractivity contribution in [3.8, 4) is 0 Å². The van der Waals surface area contributed by atoms with Gasteiger partial charge in [-0.2, -0.15) is 0 Å². The van der Waals surface area contributed by atoms with Gasteiger partial charge in [-0.15, -0.1) is 0 Å². The van der Waals surface area contributed by atoms with Crippen LogP contribution >= 0.6 is 0 Å². The molecule has 0 bridgehead atoms. The molecule has 1 fully saturated rings. The molecule has 3 nitrogen and oxygen atoms in total. The third-order valence-corrected chi connectivity index (χ3v) is 3.85. The second-order valence-corrected chi connectivity index (χ2v) is 6.07. The van der Waals surface area contributed by atoms with Crippen LogP contribution < -0.4 is 5.32 Å². The second kappa shape index (κ2) is 5.21. The van der Waals surface area contributed by atoms with Gasteiger partial charge in [0.15, 0.2) is 0 Å². The van der Waals surface area contributed by atoms with Gasteiger partial charge in [0, 0.05) is 25.3 Å². The van der Waals surface area contributed by atoms with Gasteiger partial charge in [0.1, 0.15) is 0 Å². The van der Waals surface area contributed by atoms with Crippen LogP contribution in [0.3, 0.4) is 0 Å². The lowest BCUT2D eigenvalue weighted by molar-refractivity contribution is 0.277. The zero-order valence-corrected chi connectivity index (χ0v) is 11.4. The van der Waals surface area contributed by atoms with E-state index in [4.69, 9.17) is 0 Å². The lowest BCUT2D eigenvalue weighted by Gasteiger charge is -2.25. The molecule has 0 aromatic carbocycles. The van der Waals surface area contributed by atoms with Crippen LogP contribution in [-0.2, 0) is 13.1 Å². The minimum absolute atomic E-state index is 0.493. The van der Waals surface area contributed by atoms with Crippen LogP contribution in [0.2, 0.25) is 0 Å². The van der Waals surface area contributed by atoms with Crippen LogP contribution in [-0.4, -0.2) is 15.6 Å². The third kappa shape index (κ3) is 3.32. The SMILES string of the molecule is CC(C)NCc1cncn1CC1(C)CCCC1. The fourth-order valence-electron chi connectivity index (χ4n) is 2.74. The van der Waals surface area contributed by atoms with E-state index < -0.39 is 0 Å². The molecule has 0 aliphatic heterocycles. The Morgan fingerprint density at radius 1 is 1.41 bits per heavy atom. The molecule has 2 rings (SSSR count). The Kier molecular flexibility index (Phi) is 3.87. The van der Waals surface area contributed by atoms with Crippen molar-refractivity contribution in [3.63, 3.8) is 0 Å². The van der Waals surface area contributed by atoms with Gasteiger partial charge >= 0.3 is 0 Å². The molecule has 0 saturated heterocycles. The fraction of sp³-hybridized carbons (Fsp3) is 0.786. The molecular weight excluding hydrogens is 210 g/mol. The minimum atomic E-state index is 0.493. The van der Waals surface area contributed by atoms with Crippen LogP contribution in [0.15, 0.2) is 12.5 Å². The molecule has 1 aliphatic rings. The van der Waals surface area contributed by atoms with E-state index in [0.29, 0.717) is 11.5 Å². The van der Waals surface area contributed by atoms with E-state index in [1.807, 2.05) is 12.5 Å². The Hall–Kier alpha value is -0.830. The summed E-state index contributed by atoms with van der Waals surface area (Å²) in [7, 11) is 0. The number of hydrogen-bond donors (Lipinski definition) is 1. The van der Waals surface area contributed by atoms with Crippen LogP contribution in [0, 0.1) is 5.41 Å². The van der Waals surface area contributed by atoms with Crippen molar-refractivity contribution in [2.45, 2.75) is 65.6 Å². The highest BCUT2D eigenvalue weighted by molar-refractivity contribution is 4.99. The molecule has 1 aliphatic carbocycles. The predicted octanol–water partition coefficient (Wildman–Crippen LogP) is 2.96. The molecule has 17 heavy (non-hydrogen) atoms. The smallest absolute Gasteiger partial charge is 0.0948 e. The average molecular weight is 235 g/mol. The molecule has 3 heteroatoms. The van der Waals surface area contributed by atoms with Crippen LogP contribution in [0.1, 0.15) is 52.1 Å². The van der Waals surface area contributed by atoms with Crippen molar-refractivity contribution in [1.82, 2.24) is 14.9 Å². The van der Waals surface area contributed by atoms with E-state index in [1.54, 1.807) is 0 Å². The Morgan fingerprint density at radius 3 is 2.76 bits per heavy atom. The number of rotatable bonds is 5. The van der Waals surface area contributed by atoms with E-state index in [-0.39, 0.29) is 0 Å². The van der Waals surface area contributed by atoms with Crippen molar-refractivity contribution in [2.75, 3.05) is 0 Å². The molecule has 1 aromatic rings. The Bertz CT molecular complexity index is 348. The van der Waals surface area contributed by atoms with Gasteiger partial charge in [-0.1, -0.05) is 33.6 Å². The summed E-state index contributed by atoms with van der Waals surface area (Å²) in [5.41, 5.74) is 1.81. The Labute approximate surface area is 105 Å². The lowest BCUT2D eigenvalue weighted by Crippen LogP contribution is -2.26. The quantitative estimate of drug-likeness (QED) is 0.850. The Morgan fingerprint density at radius 2 is 2.12 bits per heavy atom. The molecule has 1 N–H and O–H groups in total. The van der Waals surface area contributed by atoms with E-state index in [2.05, 4.69) is 35.6 Å². The first-order chi connectivity index (χ1) is 8.09. The molecule has 96 valence electrons. The molecular formula is C14H25N3. The van der Waals surface area contributed by atoms with E-state index in [1.165, 1.54) is 31.4 Å². The minimum Gasteiger partial charge on any atom is -0.333 e. The summed E-state index contributed by atoms with van der Waals surface area (Å²) in [6.45, 7) is 8.83. The van der Waals surface area contributed by atoms with Gasteiger partial charge in [-0.3, -0.25) is 0 Å². The van der Waals surface area contributed by atoms with Crippen LogP contribution in [0.5, 0.6) is 0 Å². The number of hydrogen-bond acceptors (Lipinski definition) is 2. The van der Waals surface area contributed by atoms with Crippen molar-refractivity contribution in [1.29, 1.82) is 0 Å². The third-order valence-electron chi connectivity index (χ3n) is 3.85. The summed E-state index contributed by atoms with van der Waals surface area (Å²) in [6.07, 6.45) is 9.49. The van der Waals surface area contributed by atoms with Gasteiger partial charge in [-0.25, -0.2) is 4.98 Å². The molecule has 0 amide bonds. The first-order valence-corrected chi connectivity index (χ1v) is 6.81. The molecule has 1 heterocycles. The fourth-order valence-corrected chi connectivity index (χ4v) is 2.74. The highest BCUT2D eigenvalue weighted by Crippen LogP contribution is 2.39. The summed E-state index contributed by atoms with van der Waals surface area (Å²) in [5.74, 6) is 0. The van der Waals surface area contributed by atoms with Crippen molar-refractivity contribution in [2.24, 2.45) is 5.41 Å². The van der Waals surface area contributed by atoms with Crippen LogP contribution in [0.4, 0.5) is 0 Å². The monoisotopic (exact) mass is 235 g/mol. The lowest BCUT2D eigenvalue weighted by atomic mass is 9.89. The van der Waals surface area contributed by atoms with Gasteiger partial charge in [-0.05, 0) is 18.3 Å². The predicted molar refractivity (Wildman–Crippen MR) is 70.8 cm³/mol. The maximum atomic E-state index is 4.30. The molecule has 0 atom stereocenters. The maximum absolute atomic E-state index is 4.30. The maximum Gasteiger partial charge on any atom is 0.0948 e. The van der Waals surface area contributed by atoms with Gasteiger partial charge in [0.05, 0.1) is 12.0 Å². The Balaban J connectivity index is 1.98. The van der Waals surface area contributed by atoms with Crippen molar-refractivity contribution >= 4 is 0 Å². The van der Waals surface area contributed by atoms with E-state index in [0.717, 1.165) is 13.1 Å². The topological polar surface area (TPSA) is 29.9 Å². The average Bonchev–Trinajstić information content (AvgIpc) is 2.85. The summed E-state index contributed by atoms with van der Waals surface area (Å²) < 4.78 is 2.33. The van der Waals surface area contributed by atoms with Gasteiger partial charge in [0.25, 0.3) is 0 Å². The zero-order chi connectivity index (χ0) is 12.3. The van der Waals surface area contributed by atoms with Gasteiger partial charge < -0.3 is 9.88 Å². The zero-order valence-electron chi connectivity index (χ0n) is 11.4. The summed E-state index contributed by atoms with van der Waals surface area (Å²) >= 11 is 0. The first-order valence-electron chi connectivity index (χ1n) is 6.81. The van der Waals surface area contributed by atoms with Crippen LogP contribution in [0.25, 0.3) is 0 Å². The largest absolute Gasteiger partial charge is 0.333 e. The summed E-state index contributed by atoms with van der Waals surface area (Å²) in [4.78, 5) is 4.30. The van der Waals surface area contributed by atoms with E-state index in [9.17, 15) is 0 Å². The molecule has 0 spiro atoms. The molecule has 0 radical (unpaired) electrons. The number of nitrogens with zero attached hydrogens (tertiary/aromatic N) is 2. The summed E-state index contributed by atoms with van der Waals surface area (Å²) in [6, 6.07) is 0.528. The summed E-state index contributed by atoms with van der Waals surface area (Å²) in [5, 5.41) is 3.46. The first kappa shape index (κ1) is 12.6. The number of nitrogens with one attached hydrogen (secondary N) is 1. The molecule has 0 unspecified atom stereocenters. The second-order valence-electron chi connectivity index (χ2n) is 6.07. The van der Waals surface area contributed by atoms with E-state index >= 15 is 0 Å².